The molecule has 0 fully saturated rings. The molecule has 2 rings (SSSR count). The fourth-order valence-electron chi connectivity index (χ4n) is 1.14. The molecule has 0 unspecified atom stereocenters. The Balaban J connectivity index is 2.06. The van der Waals surface area contributed by atoms with Gasteiger partial charge >= 0.3 is 0 Å². The zero-order valence-electron chi connectivity index (χ0n) is 8.27. The Hall–Kier alpha value is -0.530. The first-order chi connectivity index (χ1) is 7.15. The van der Waals surface area contributed by atoms with Crippen molar-refractivity contribution in [2.45, 2.75) is 13.5 Å². The molecule has 0 aliphatic carbocycles. The molecule has 2 aromatic rings. The van der Waals surface area contributed by atoms with Gasteiger partial charge in [-0.15, -0.1) is 21.5 Å². The third-order valence-electron chi connectivity index (χ3n) is 1.78. The van der Waals surface area contributed by atoms with Crippen LogP contribution >= 0.6 is 38.6 Å². The Labute approximate surface area is 104 Å². The zero-order valence-corrected chi connectivity index (χ0v) is 11.5. The lowest BCUT2D eigenvalue weighted by Gasteiger charge is -2.12. The highest BCUT2D eigenvalue weighted by molar-refractivity contribution is 9.11. The van der Waals surface area contributed by atoms with E-state index in [9.17, 15) is 0 Å². The molecule has 80 valence electrons. The molecule has 0 bridgehead atoms. The highest BCUT2D eigenvalue weighted by atomic mass is 79.9. The van der Waals surface area contributed by atoms with E-state index in [1.165, 1.54) is 11.3 Å². The van der Waals surface area contributed by atoms with Crippen molar-refractivity contribution in [2.75, 3.05) is 11.9 Å². The van der Waals surface area contributed by atoms with Crippen LogP contribution in [0.2, 0.25) is 0 Å². The number of hydrogen-bond acceptors (Lipinski definition) is 6. The number of thiazole rings is 1. The van der Waals surface area contributed by atoms with Gasteiger partial charge in [-0.2, -0.15) is 0 Å². The van der Waals surface area contributed by atoms with E-state index in [0.717, 1.165) is 26.3 Å². The van der Waals surface area contributed by atoms with Gasteiger partial charge in [0.1, 0.15) is 0 Å². The summed E-state index contributed by atoms with van der Waals surface area (Å²) in [7, 11) is 1.99. The van der Waals surface area contributed by atoms with Gasteiger partial charge in [-0.05, 0) is 22.9 Å². The van der Waals surface area contributed by atoms with Gasteiger partial charge in [0.15, 0.2) is 3.92 Å². The minimum absolute atomic E-state index is 0.770. The van der Waals surface area contributed by atoms with Gasteiger partial charge in [0.2, 0.25) is 5.13 Å². The van der Waals surface area contributed by atoms with Crippen LogP contribution in [0.4, 0.5) is 5.13 Å². The van der Waals surface area contributed by atoms with Crippen LogP contribution in [0.1, 0.15) is 10.7 Å². The number of nitrogens with zero attached hydrogens (tertiary/aromatic N) is 4. The van der Waals surface area contributed by atoms with Crippen molar-refractivity contribution in [1.82, 2.24) is 15.2 Å². The standard InChI is InChI=1S/C8H9BrN4S2/c1-5-10-6(4-14-5)3-13(2)8-12-11-7(9)15-8/h4H,3H2,1-2H3. The third kappa shape index (κ3) is 2.73. The van der Waals surface area contributed by atoms with Crippen molar-refractivity contribution in [1.29, 1.82) is 0 Å². The lowest BCUT2D eigenvalue weighted by Crippen LogP contribution is -2.16. The molecular weight excluding hydrogens is 296 g/mol. The quantitative estimate of drug-likeness (QED) is 0.874. The first-order valence-corrected chi connectivity index (χ1v) is 6.75. The second kappa shape index (κ2) is 4.54. The molecule has 0 radical (unpaired) electrons. The summed E-state index contributed by atoms with van der Waals surface area (Å²) in [5, 5.41) is 12.0. The smallest absolute Gasteiger partial charge is 0.209 e. The Morgan fingerprint density at radius 3 is 2.80 bits per heavy atom. The largest absolute Gasteiger partial charge is 0.344 e. The fourth-order valence-corrected chi connectivity index (χ4v) is 2.80. The van der Waals surface area contributed by atoms with Gasteiger partial charge in [-0.1, -0.05) is 11.3 Å². The predicted molar refractivity (Wildman–Crippen MR) is 66.6 cm³/mol. The maximum absolute atomic E-state index is 4.40. The maximum Gasteiger partial charge on any atom is 0.209 e. The minimum atomic E-state index is 0.770. The Morgan fingerprint density at radius 2 is 2.27 bits per heavy atom. The van der Waals surface area contributed by atoms with E-state index in [1.807, 2.05) is 18.9 Å². The molecule has 4 nitrogen and oxygen atoms in total. The van der Waals surface area contributed by atoms with Crippen molar-refractivity contribution in [2.24, 2.45) is 0 Å². The van der Waals surface area contributed by atoms with E-state index in [1.54, 1.807) is 11.3 Å². The second-order valence-electron chi connectivity index (χ2n) is 3.05. The average Bonchev–Trinajstić information content (AvgIpc) is 2.75. The number of aryl methyl sites for hydroxylation is 1. The van der Waals surface area contributed by atoms with Crippen LogP contribution in [-0.4, -0.2) is 22.2 Å². The number of aromatic nitrogens is 3. The summed E-state index contributed by atoms with van der Waals surface area (Å²) in [5.41, 5.74) is 1.08. The van der Waals surface area contributed by atoms with Crippen LogP contribution < -0.4 is 4.90 Å². The summed E-state index contributed by atoms with van der Waals surface area (Å²) in [6.45, 7) is 2.78. The summed E-state index contributed by atoms with van der Waals surface area (Å²) in [5.74, 6) is 0. The molecule has 2 aromatic heterocycles. The van der Waals surface area contributed by atoms with E-state index in [2.05, 4.69) is 36.5 Å². The Morgan fingerprint density at radius 1 is 1.47 bits per heavy atom. The average molecular weight is 305 g/mol. The van der Waals surface area contributed by atoms with E-state index in [4.69, 9.17) is 0 Å². The van der Waals surface area contributed by atoms with Gasteiger partial charge in [0.05, 0.1) is 17.2 Å². The van der Waals surface area contributed by atoms with Crippen molar-refractivity contribution in [3.8, 4) is 0 Å². The van der Waals surface area contributed by atoms with E-state index in [-0.39, 0.29) is 0 Å². The van der Waals surface area contributed by atoms with Gasteiger partial charge in [-0.25, -0.2) is 4.98 Å². The predicted octanol–water partition coefficient (Wildman–Crippen LogP) is 2.70. The van der Waals surface area contributed by atoms with Gasteiger partial charge in [0.25, 0.3) is 0 Å². The molecule has 0 spiro atoms. The van der Waals surface area contributed by atoms with Crippen molar-refractivity contribution < 1.29 is 0 Å². The summed E-state index contributed by atoms with van der Waals surface area (Å²) in [4.78, 5) is 6.44. The van der Waals surface area contributed by atoms with Crippen LogP contribution in [0.15, 0.2) is 9.30 Å². The second-order valence-corrected chi connectivity index (χ2v) is 6.35. The molecule has 0 atom stereocenters. The molecule has 0 aliphatic heterocycles. The van der Waals surface area contributed by atoms with E-state index < -0.39 is 0 Å². The molecule has 0 amide bonds. The highest BCUT2D eigenvalue weighted by Crippen LogP contribution is 2.24. The normalized spacial score (nSPS) is 10.6. The summed E-state index contributed by atoms with van der Waals surface area (Å²) in [6.07, 6.45) is 0. The van der Waals surface area contributed by atoms with Crippen molar-refractivity contribution >= 4 is 43.7 Å². The third-order valence-corrected chi connectivity index (χ3v) is 4.07. The van der Waals surface area contributed by atoms with Crippen LogP contribution in [-0.2, 0) is 6.54 Å². The molecule has 7 heteroatoms. The lowest BCUT2D eigenvalue weighted by molar-refractivity contribution is 0.867. The lowest BCUT2D eigenvalue weighted by atomic mass is 10.4. The highest BCUT2D eigenvalue weighted by Gasteiger charge is 2.09. The number of anilines is 1. The van der Waals surface area contributed by atoms with E-state index in [0.29, 0.717) is 0 Å². The molecule has 0 aromatic carbocycles. The van der Waals surface area contributed by atoms with E-state index >= 15 is 0 Å². The minimum Gasteiger partial charge on any atom is -0.344 e. The summed E-state index contributed by atoms with van der Waals surface area (Å²) < 4.78 is 0.804. The van der Waals surface area contributed by atoms with Crippen molar-refractivity contribution in [3.05, 3.63) is 20.0 Å². The zero-order chi connectivity index (χ0) is 10.8. The van der Waals surface area contributed by atoms with Crippen LogP contribution in [0.3, 0.4) is 0 Å². The topological polar surface area (TPSA) is 41.9 Å². The van der Waals surface area contributed by atoms with Gasteiger partial charge in [-0.3, -0.25) is 0 Å². The maximum atomic E-state index is 4.40. The SMILES string of the molecule is Cc1nc(CN(C)c2nnc(Br)s2)cs1. The first kappa shape index (κ1) is 11.0. The van der Waals surface area contributed by atoms with Crippen LogP contribution in [0, 0.1) is 6.92 Å². The van der Waals surface area contributed by atoms with Crippen LogP contribution in [0.25, 0.3) is 0 Å². The molecule has 0 saturated carbocycles. The molecule has 15 heavy (non-hydrogen) atoms. The molecule has 0 saturated heterocycles. The number of rotatable bonds is 3. The number of hydrogen-bond donors (Lipinski definition) is 0. The van der Waals surface area contributed by atoms with Crippen LogP contribution in [0.5, 0.6) is 0 Å². The monoisotopic (exact) mass is 304 g/mol. The summed E-state index contributed by atoms with van der Waals surface area (Å²) >= 11 is 6.48. The molecule has 0 N–H and O–H groups in total. The van der Waals surface area contributed by atoms with Gasteiger partial charge < -0.3 is 4.90 Å². The molecular formula is C8H9BrN4S2. The Bertz CT molecular complexity index is 453. The number of halogens is 1. The molecule has 2 heterocycles. The van der Waals surface area contributed by atoms with Crippen molar-refractivity contribution in [3.63, 3.8) is 0 Å². The Kier molecular flexibility index (Phi) is 3.32. The summed E-state index contributed by atoms with van der Waals surface area (Å²) in [6, 6.07) is 0. The first-order valence-electron chi connectivity index (χ1n) is 4.26. The fraction of sp³-hybridized carbons (Fsp3) is 0.375. The van der Waals surface area contributed by atoms with Gasteiger partial charge in [0, 0.05) is 12.4 Å². The molecule has 0 aliphatic rings.